The molecule has 0 aliphatic heterocycles. The Morgan fingerprint density at radius 1 is 0.967 bits per heavy atom. The Balaban J connectivity index is 1.62. The summed E-state index contributed by atoms with van der Waals surface area (Å²) in [6.07, 6.45) is 4.44. The lowest BCUT2D eigenvalue weighted by atomic mass is 9.62. The van der Waals surface area contributed by atoms with Crippen LogP contribution >= 0.6 is 11.3 Å². The lowest BCUT2D eigenvalue weighted by Gasteiger charge is -2.42. The summed E-state index contributed by atoms with van der Waals surface area (Å²) in [6.45, 7) is 9.51. The zero-order chi connectivity index (χ0) is 21.3. The summed E-state index contributed by atoms with van der Waals surface area (Å²) in [5, 5.41) is 10.1. The third-order valence-electron chi connectivity index (χ3n) is 7.03. The number of aryl methyl sites for hydroxylation is 2. The fraction of sp³-hybridized carbons (Fsp3) is 0.385. The quantitative estimate of drug-likeness (QED) is 0.509. The second kappa shape index (κ2) is 6.52. The standard InChI is InChI=1S/C26H27NO2S/c1-25(2)11-12-26(3,4)20-14-18-17(13-19(20)25)9-10-21-22(18)30-23(27-21)15-5-7-16(8-6-15)24(28)29/h5-8,13-14H,9-12H2,1-4H3,(H,28,29). The fourth-order valence-electron chi connectivity index (χ4n) is 4.94. The predicted octanol–water partition coefficient (Wildman–Crippen LogP) is 6.62. The first kappa shape index (κ1) is 19.5. The summed E-state index contributed by atoms with van der Waals surface area (Å²) in [5.74, 6) is -0.899. The molecule has 0 spiro atoms. The Kier molecular flexibility index (Phi) is 4.24. The molecule has 154 valence electrons. The van der Waals surface area contributed by atoms with Crippen LogP contribution in [0, 0.1) is 0 Å². The number of carboxylic acid groups (broad SMARTS) is 1. The summed E-state index contributed by atoms with van der Waals surface area (Å²) >= 11 is 1.74. The van der Waals surface area contributed by atoms with Crippen LogP contribution in [0.2, 0.25) is 0 Å². The van der Waals surface area contributed by atoms with Gasteiger partial charge in [-0.1, -0.05) is 45.9 Å². The summed E-state index contributed by atoms with van der Waals surface area (Å²) in [5.41, 5.74) is 8.71. The Bertz CT molecular complexity index is 1170. The highest BCUT2D eigenvalue weighted by Gasteiger charge is 2.38. The number of benzene rings is 2. The number of carboxylic acids is 1. The highest BCUT2D eigenvalue weighted by molar-refractivity contribution is 7.18. The van der Waals surface area contributed by atoms with Crippen molar-refractivity contribution in [3.05, 3.63) is 64.3 Å². The van der Waals surface area contributed by atoms with E-state index in [4.69, 9.17) is 10.1 Å². The van der Waals surface area contributed by atoms with Crippen LogP contribution in [-0.2, 0) is 23.7 Å². The van der Waals surface area contributed by atoms with Crippen LogP contribution in [0.15, 0.2) is 36.4 Å². The Hall–Kier alpha value is -2.46. The monoisotopic (exact) mass is 417 g/mol. The Morgan fingerprint density at radius 3 is 2.23 bits per heavy atom. The van der Waals surface area contributed by atoms with Gasteiger partial charge in [-0.25, -0.2) is 9.78 Å². The number of carbonyl (C=O) groups is 1. The molecule has 1 N–H and O–H groups in total. The summed E-state index contributed by atoms with van der Waals surface area (Å²) in [7, 11) is 0. The third-order valence-corrected chi connectivity index (χ3v) is 8.21. The molecule has 0 atom stereocenters. The minimum absolute atomic E-state index is 0.192. The van der Waals surface area contributed by atoms with E-state index >= 15 is 0 Å². The van der Waals surface area contributed by atoms with Gasteiger partial charge in [0.05, 0.1) is 16.1 Å². The van der Waals surface area contributed by atoms with Crippen molar-refractivity contribution in [1.29, 1.82) is 0 Å². The molecule has 1 heterocycles. The minimum Gasteiger partial charge on any atom is -0.478 e. The van der Waals surface area contributed by atoms with Crippen LogP contribution in [-0.4, -0.2) is 16.1 Å². The highest BCUT2D eigenvalue weighted by Crippen LogP contribution is 2.50. The van der Waals surface area contributed by atoms with Crippen molar-refractivity contribution in [1.82, 2.24) is 4.98 Å². The van der Waals surface area contributed by atoms with Gasteiger partial charge in [0.15, 0.2) is 0 Å². The zero-order valence-corrected chi connectivity index (χ0v) is 18.8. The molecule has 2 aromatic carbocycles. The van der Waals surface area contributed by atoms with E-state index in [0.717, 1.165) is 23.4 Å². The Labute approximate surface area is 181 Å². The second-order valence-corrected chi connectivity index (χ2v) is 11.0. The SMILES string of the molecule is CC1(C)CCC(C)(C)c2cc3c(cc21)CCc1nc(-c2ccc(C(=O)O)cc2)sc1-3. The van der Waals surface area contributed by atoms with Gasteiger partial charge < -0.3 is 5.11 Å². The first-order valence-electron chi connectivity index (χ1n) is 10.7. The van der Waals surface area contributed by atoms with E-state index in [0.29, 0.717) is 5.56 Å². The van der Waals surface area contributed by atoms with Gasteiger partial charge in [0.25, 0.3) is 0 Å². The van der Waals surface area contributed by atoms with Gasteiger partial charge in [-0.2, -0.15) is 0 Å². The first-order chi connectivity index (χ1) is 14.2. The normalized spacial score (nSPS) is 18.3. The molecule has 0 unspecified atom stereocenters. The molecule has 2 aliphatic rings. The van der Waals surface area contributed by atoms with Crippen molar-refractivity contribution in [2.75, 3.05) is 0 Å². The molecule has 2 aliphatic carbocycles. The van der Waals surface area contributed by atoms with E-state index in [1.165, 1.54) is 45.7 Å². The molecule has 3 aromatic rings. The number of aromatic nitrogens is 1. The lowest BCUT2D eigenvalue weighted by molar-refractivity contribution is 0.0697. The van der Waals surface area contributed by atoms with Crippen molar-refractivity contribution < 1.29 is 9.90 Å². The van der Waals surface area contributed by atoms with Crippen molar-refractivity contribution in [2.45, 2.75) is 64.2 Å². The van der Waals surface area contributed by atoms with E-state index in [1.54, 1.807) is 23.5 Å². The molecule has 4 heteroatoms. The van der Waals surface area contributed by atoms with Crippen molar-refractivity contribution >= 4 is 17.3 Å². The van der Waals surface area contributed by atoms with E-state index < -0.39 is 5.97 Å². The molecular formula is C26H27NO2S. The average molecular weight is 418 g/mol. The van der Waals surface area contributed by atoms with Crippen LogP contribution in [0.25, 0.3) is 21.0 Å². The molecule has 0 fully saturated rings. The molecule has 5 rings (SSSR count). The number of aromatic carboxylic acids is 1. The second-order valence-electron chi connectivity index (χ2n) is 10.0. The summed E-state index contributed by atoms with van der Waals surface area (Å²) in [4.78, 5) is 17.4. The maximum absolute atomic E-state index is 11.1. The lowest BCUT2D eigenvalue weighted by Crippen LogP contribution is -2.34. The molecule has 3 nitrogen and oxygen atoms in total. The maximum Gasteiger partial charge on any atom is 0.335 e. The van der Waals surface area contributed by atoms with Gasteiger partial charge in [-0.3, -0.25) is 0 Å². The molecule has 30 heavy (non-hydrogen) atoms. The Morgan fingerprint density at radius 2 is 1.60 bits per heavy atom. The van der Waals surface area contributed by atoms with E-state index in [1.807, 2.05) is 12.1 Å². The molecule has 0 bridgehead atoms. The highest BCUT2D eigenvalue weighted by atomic mass is 32.1. The summed E-state index contributed by atoms with van der Waals surface area (Å²) in [6, 6.07) is 12.0. The van der Waals surface area contributed by atoms with E-state index in [-0.39, 0.29) is 10.8 Å². The van der Waals surface area contributed by atoms with Crippen LogP contribution in [0.3, 0.4) is 0 Å². The van der Waals surface area contributed by atoms with Crippen LogP contribution in [0.4, 0.5) is 0 Å². The number of rotatable bonds is 2. The van der Waals surface area contributed by atoms with Crippen LogP contribution in [0.1, 0.15) is 73.3 Å². The zero-order valence-electron chi connectivity index (χ0n) is 18.0. The molecule has 0 saturated heterocycles. The number of thiazole rings is 1. The molecule has 0 saturated carbocycles. The molecule has 0 radical (unpaired) electrons. The van der Waals surface area contributed by atoms with Crippen LogP contribution in [0.5, 0.6) is 0 Å². The molecule has 1 aromatic heterocycles. The summed E-state index contributed by atoms with van der Waals surface area (Å²) < 4.78 is 0. The van der Waals surface area contributed by atoms with E-state index in [9.17, 15) is 4.79 Å². The van der Waals surface area contributed by atoms with Crippen molar-refractivity contribution in [3.8, 4) is 21.0 Å². The smallest absolute Gasteiger partial charge is 0.335 e. The van der Waals surface area contributed by atoms with Gasteiger partial charge in [-0.05, 0) is 77.0 Å². The van der Waals surface area contributed by atoms with Gasteiger partial charge in [-0.15, -0.1) is 11.3 Å². The van der Waals surface area contributed by atoms with Crippen molar-refractivity contribution in [2.24, 2.45) is 0 Å². The number of hydrogen-bond acceptors (Lipinski definition) is 3. The van der Waals surface area contributed by atoms with Gasteiger partial charge in [0, 0.05) is 5.56 Å². The van der Waals surface area contributed by atoms with Gasteiger partial charge in [0.2, 0.25) is 0 Å². The van der Waals surface area contributed by atoms with Gasteiger partial charge in [0.1, 0.15) is 5.01 Å². The maximum atomic E-state index is 11.1. The number of nitrogens with zero attached hydrogens (tertiary/aromatic N) is 1. The first-order valence-corrected chi connectivity index (χ1v) is 11.5. The molecular weight excluding hydrogens is 390 g/mol. The third kappa shape index (κ3) is 3.01. The van der Waals surface area contributed by atoms with Gasteiger partial charge >= 0.3 is 5.97 Å². The predicted molar refractivity (Wildman–Crippen MR) is 123 cm³/mol. The van der Waals surface area contributed by atoms with Crippen LogP contribution < -0.4 is 0 Å². The average Bonchev–Trinajstić information content (AvgIpc) is 3.15. The van der Waals surface area contributed by atoms with E-state index in [2.05, 4.69) is 39.8 Å². The topological polar surface area (TPSA) is 50.2 Å². The molecule has 0 amide bonds. The number of fused-ring (bicyclic) bond motifs is 4. The van der Waals surface area contributed by atoms with Crippen molar-refractivity contribution in [3.63, 3.8) is 0 Å². The minimum atomic E-state index is -0.899. The fourth-order valence-corrected chi connectivity index (χ4v) is 6.11. The number of hydrogen-bond donors (Lipinski definition) is 1. The largest absolute Gasteiger partial charge is 0.478 e.